The molecule has 6 heteroatoms. The fourth-order valence-electron chi connectivity index (χ4n) is 1.35. The van der Waals surface area contributed by atoms with Crippen LogP contribution in [0.3, 0.4) is 0 Å². The zero-order valence-electron chi connectivity index (χ0n) is 10.7. The Morgan fingerprint density at radius 2 is 2.22 bits per heavy atom. The highest BCUT2D eigenvalue weighted by Crippen LogP contribution is 2.05. The Hall–Kier alpha value is -2.11. The Morgan fingerprint density at radius 3 is 2.83 bits per heavy atom. The molecule has 0 radical (unpaired) electrons. The topological polar surface area (TPSA) is 70.4 Å². The third-order valence-electron chi connectivity index (χ3n) is 2.14. The van der Waals surface area contributed by atoms with E-state index in [0.29, 0.717) is 12.3 Å². The zero-order valence-corrected chi connectivity index (χ0v) is 10.7. The molecule has 0 aromatic carbocycles. The van der Waals surface area contributed by atoms with E-state index in [2.05, 4.69) is 9.72 Å². The third-order valence-corrected chi connectivity index (χ3v) is 2.14. The van der Waals surface area contributed by atoms with E-state index in [0.717, 1.165) is 0 Å². The van der Waals surface area contributed by atoms with Gasteiger partial charge in [-0.25, -0.2) is 9.78 Å². The molecular formula is C12H16N2O4. The van der Waals surface area contributed by atoms with Crippen LogP contribution in [0.15, 0.2) is 12.3 Å². The summed E-state index contributed by atoms with van der Waals surface area (Å²) < 4.78 is 10.9. The average Bonchev–Trinajstić information content (AvgIpc) is 2.70. The van der Waals surface area contributed by atoms with Gasteiger partial charge in [0.05, 0.1) is 25.8 Å². The van der Waals surface area contributed by atoms with Crippen molar-refractivity contribution in [1.82, 2.24) is 9.55 Å². The maximum absolute atomic E-state index is 11.3. The number of carbonyl (C=O) groups is 2. The van der Waals surface area contributed by atoms with E-state index in [1.165, 1.54) is 7.11 Å². The monoisotopic (exact) mass is 252 g/mol. The Balaban J connectivity index is 2.66. The van der Waals surface area contributed by atoms with Crippen LogP contribution >= 0.6 is 0 Å². The van der Waals surface area contributed by atoms with Gasteiger partial charge in [0.1, 0.15) is 0 Å². The van der Waals surface area contributed by atoms with Gasteiger partial charge in [-0.3, -0.25) is 4.79 Å². The van der Waals surface area contributed by atoms with Crippen LogP contribution in [-0.4, -0.2) is 35.2 Å². The van der Waals surface area contributed by atoms with Gasteiger partial charge in [0.15, 0.2) is 0 Å². The van der Waals surface area contributed by atoms with Gasteiger partial charge < -0.3 is 14.0 Å². The van der Waals surface area contributed by atoms with Gasteiger partial charge in [0.25, 0.3) is 0 Å². The van der Waals surface area contributed by atoms with Crippen molar-refractivity contribution in [2.75, 3.05) is 13.7 Å². The van der Waals surface area contributed by atoms with Crippen molar-refractivity contribution in [3.05, 3.63) is 23.8 Å². The Bertz CT molecular complexity index is 463. The average molecular weight is 252 g/mol. The number of aryl methyl sites for hydroxylation is 1. The molecule has 0 aliphatic heterocycles. The molecule has 0 bridgehead atoms. The van der Waals surface area contributed by atoms with E-state index in [9.17, 15) is 9.59 Å². The standard InChI is InChI=1S/C12H16N2O4/c1-4-18-10(15)7-5-6-9-8-14(2)11(13-9)12(16)17-3/h5-6,8H,4,7H2,1-3H3. The van der Waals surface area contributed by atoms with Gasteiger partial charge in [0.2, 0.25) is 5.82 Å². The minimum absolute atomic E-state index is 0.179. The fraction of sp³-hybridized carbons (Fsp3) is 0.417. The highest BCUT2D eigenvalue weighted by molar-refractivity contribution is 5.85. The second-order valence-electron chi connectivity index (χ2n) is 3.50. The first-order valence-electron chi connectivity index (χ1n) is 5.52. The van der Waals surface area contributed by atoms with Gasteiger partial charge in [0, 0.05) is 13.2 Å². The van der Waals surface area contributed by atoms with Crippen molar-refractivity contribution in [1.29, 1.82) is 0 Å². The summed E-state index contributed by atoms with van der Waals surface area (Å²) in [6.07, 6.45) is 5.15. The summed E-state index contributed by atoms with van der Waals surface area (Å²) in [5.74, 6) is -0.575. The highest BCUT2D eigenvalue weighted by atomic mass is 16.5. The molecule has 0 saturated carbocycles. The molecular weight excluding hydrogens is 236 g/mol. The quantitative estimate of drug-likeness (QED) is 0.736. The summed E-state index contributed by atoms with van der Waals surface area (Å²) in [6, 6.07) is 0. The largest absolute Gasteiger partial charge is 0.466 e. The smallest absolute Gasteiger partial charge is 0.374 e. The molecule has 6 nitrogen and oxygen atoms in total. The first-order valence-corrected chi connectivity index (χ1v) is 5.52. The molecule has 0 aliphatic carbocycles. The third kappa shape index (κ3) is 3.73. The first-order chi connectivity index (χ1) is 8.58. The van der Waals surface area contributed by atoms with Crippen LogP contribution in [0.5, 0.6) is 0 Å². The molecule has 0 unspecified atom stereocenters. The summed E-state index contributed by atoms with van der Waals surface area (Å²) >= 11 is 0. The van der Waals surface area contributed by atoms with Crippen LogP contribution in [0.1, 0.15) is 29.7 Å². The van der Waals surface area contributed by atoms with Crippen LogP contribution in [0.25, 0.3) is 6.08 Å². The van der Waals surface area contributed by atoms with Gasteiger partial charge in [-0.05, 0) is 13.0 Å². The first kappa shape index (κ1) is 14.0. The van der Waals surface area contributed by atoms with Crippen LogP contribution in [0.2, 0.25) is 0 Å². The second-order valence-corrected chi connectivity index (χ2v) is 3.50. The number of carbonyl (C=O) groups excluding carboxylic acids is 2. The Morgan fingerprint density at radius 1 is 1.50 bits per heavy atom. The van der Waals surface area contributed by atoms with E-state index < -0.39 is 5.97 Å². The van der Waals surface area contributed by atoms with Crippen LogP contribution in [0.4, 0.5) is 0 Å². The van der Waals surface area contributed by atoms with Crippen molar-refractivity contribution >= 4 is 18.0 Å². The van der Waals surface area contributed by atoms with Crippen molar-refractivity contribution < 1.29 is 19.1 Å². The molecule has 0 saturated heterocycles. The molecule has 0 atom stereocenters. The maximum atomic E-state index is 11.3. The molecule has 1 heterocycles. The number of ether oxygens (including phenoxy) is 2. The highest BCUT2D eigenvalue weighted by Gasteiger charge is 2.12. The normalized spacial score (nSPS) is 10.6. The molecule has 0 amide bonds. The molecule has 1 aromatic heterocycles. The van der Waals surface area contributed by atoms with Crippen molar-refractivity contribution in [3.8, 4) is 0 Å². The predicted molar refractivity (Wildman–Crippen MR) is 64.8 cm³/mol. The minimum Gasteiger partial charge on any atom is -0.466 e. The molecule has 98 valence electrons. The number of hydrogen-bond acceptors (Lipinski definition) is 5. The summed E-state index contributed by atoms with van der Waals surface area (Å²) in [7, 11) is 3.00. The number of hydrogen-bond donors (Lipinski definition) is 0. The number of aromatic nitrogens is 2. The Labute approximate surface area is 105 Å². The number of esters is 2. The molecule has 0 fully saturated rings. The fourth-order valence-corrected chi connectivity index (χ4v) is 1.35. The number of nitrogens with zero attached hydrogens (tertiary/aromatic N) is 2. The van der Waals surface area contributed by atoms with E-state index in [1.54, 1.807) is 36.9 Å². The van der Waals surface area contributed by atoms with Crippen LogP contribution < -0.4 is 0 Å². The van der Waals surface area contributed by atoms with Gasteiger partial charge in [-0.1, -0.05) is 6.08 Å². The molecule has 0 aliphatic rings. The molecule has 18 heavy (non-hydrogen) atoms. The summed E-state index contributed by atoms with van der Waals surface area (Å²) in [4.78, 5) is 26.5. The summed E-state index contributed by atoms with van der Waals surface area (Å²) in [5.41, 5.74) is 0.585. The SMILES string of the molecule is CCOC(=O)CC=Cc1cn(C)c(C(=O)OC)n1. The molecule has 0 N–H and O–H groups in total. The van der Waals surface area contributed by atoms with Crippen molar-refractivity contribution in [2.45, 2.75) is 13.3 Å². The predicted octanol–water partition coefficient (Wildman–Crippen LogP) is 1.17. The van der Waals surface area contributed by atoms with E-state index >= 15 is 0 Å². The van der Waals surface area contributed by atoms with E-state index in [-0.39, 0.29) is 18.2 Å². The van der Waals surface area contributed by atoms with Gasteiger partial charge >= 0.3 is 11.9 Å². The molecule has 0 spiro atoms. The lowest BCUT2D eigenvalue weighted by Gasteiger charge is -1.96. The molecule has 1 aromatic rings. The number of imidazole rings is 1. The van der Waals surface area contributed by atoms with Gasteiger partial charge in [-0.15, -0.1) is 0 Å². The minimum atomic E-state index is -0.498. The van der Waals surface area contributed by atoms with E-state index in [4.69, 9.17) is 4.74 Å². The summed E-state index contributed by atoms with van der Waals surface area (Å²) in [6.45, 7) is 2.12. The number of methoxy groups -OCH3 is 1. The Kier molecular flexibility index (Phi) is 5.10. The van der Waals surface area contributed by atoms with Crippen molar-refractivity contribution in [3.63, 3.8) is 0 Å². The lowest BCUT2D eigenvalue weighted by Crippen LogP contribution is -2.08. The van der Waals surface area contributed by atoms with Crippen molar-refractivity contribution in [2.24, 2.45) is 7.05 Å². The van der Waals surface area contributed by atoms with Crippen LogP contribution in [0, 0.1) is 0 Å². The second kappa shape index (κ2) is 6.58. The molecule has 1 rings (SSSR count). The number of rotatable bonds is 5. The maximum Gasteiger partial charge on any atom is 0.374 e. The van der Waals surface area contributed by atoms with E-state index in [1.807, 2.05) is 0 Å². The zero-order chi connectivity index (χ0) is 13.5. The van der Waals surface area contributed by atoms with Gasteiger partial charge in [-0.2, -0.15) is 0 Å². The lowest BCUT2D eigenvalue weighted by molar-refractivity contribution is -0.142. The summed E-state index contributed by atoms with van der Waals surface area (Å²) in [5, 5.41) is 0. The van der Waals surface area contributed by atoms with Crippen LogP contribution in [-0.2, 0) is 21.3 Å². The lowest BCUT2D eigenvalue weighted by atomic mass is 10.3.